The molecular formula is C12H16BrNO2. The quantitative estimate of drug-likeness (QED) is 0.723. The third kappa shape index (κ3) is 5.37. The number of hydrogen-bond acceptors (Lipinski definition) is 3. The van der Waals surface area contributed by atoms with Gasteiger partial charge < -0.3 is 4.74 Å². The second-order valence-electron chi connectivity index (χ2n) is 3.48. The highest BCUT2D eigenvalue weighted by molar-refractivity contribution is 9.10. The van der Waals surface area contributed by atoms with Crippen molar-refractivity contribution < 1.29 is 9.53 Å². The number of carbonyl (C=O) groups excluding carboxylic acids is 1. The maximum Gasteiger partial charge on any atom is 0.138 e. The lowest BCUT2D eigenvalue weighted by Gasteiger charge is -2.01. The first-order valence-corrected chi connectivity index (χ1v) is 6.21. The highest BCUT2D eigenvalue weighted by Crippen LogP contribution is 2.08. The van der Waals surface area contributed by atoms with E-state index in [1.807, 2.05) is 19.1 Å². The number of Topliss-reactive ketones (excluding diaryl/α,β-unsaturated/α-hetero) is 1. The van der Waals surface area contributed by atoms with Crippen molar-refractivity contribution in [2.75, 3.05) is 13.2 Å². The number of ketones is 1. The molecule has 0 fully saturated rings. The third-order valence-corrected chi connectivity index (χ3v) is 2.58. The molecule has 1 aromatic heterocycles. The molecular weight excluding hydrogens is 270 g/mol. The molecule has 0 radical (unpaired) electrons. The van der Waals surface area contributed by atoms with Crippen molar-refractivity contribution in [1.29, 1.82) is 0 Å². The molecule has 0 saturated heterocycles. The van der Waals surface area contributed by atoms with Gasteiger partial charge in [0, 0.05) is 42.4 Å². The Morgan fingerprint density at radius 2 is 2.31 bits per heavy atom. The SMILES string of the molecule is CCOCCCC(=O)Cc1ccc(Br)cn1. The van der Waals surface area contributed by atoms with Gasteiger partial charge in [-0.2, -0.15) is 0 Å². The number of hydrogen-bond donors (Lipinski definition) is 0. The van der Waals surface area contributed by atoms with Crippen LogP contribution in [0.2, 0.25) is 0 Å². The smallest absolute Gasteiger partial charge is 0.138 e. The summed E-state index contributed by atoms with van der Waals surface area (Å²) in [6.07, 6.45) is 3.49. The largest absolute Gasteiger partial charge is 0.382 e. The molecule has 0 aliphatic carbocycles. The Balaban J connectivity index is 2.26. The minimum absolute atomic E-state index is 0.217. The predicted octanol–water partition coefficient (Wildman–Crippen LogP) is 2.77. The van der Waals surface area contributed by atoms with Crippen LogP contribution >= 0.6 is 15.9 Å². The van der Waals surface area contributed by atoms with Crippen molar-refractivity contribution in [1.82, 2.24) is 4.98 Å². The summed E-state index contributed by atoms with van der Waals surface area (Å²) < 4.78 is 6.11. The summed E-state index contributed by atoms with van der Waals surface area (Å²) in [6.45, 7) is 3.33. The minimum atomic E-state index is 0.217. The van der Waals surface area contributed by atoms with Crippen molar-refractivity contribution in [3.8, 4) is 0 Å². The number of rotatable bonds is 7. The zero-order valence-corrected chi connectivity index (χ0v) is 11.0. The lowest BCUT2D eigenvalue weighted by atomic mass is 10.1. The molecule has 4 heteroatoms. The highest BCUT2D eigenvalue weighted by Gasteiger charge is 2.04. The molecule has 0 aliphatic rings. The molecule has 16 heavy (non-hydrogen) atoms. The van der Waals surface area contributed by atoms with Crippen LogP contribution in [0.4, 0.5) is 0 Å². The fourth-order valence-electron chi connectivity index (χ4n) is 1.32. The Morgan fingerprint density at radius 1 is 1.50 bits per heavy atom. The Hall–Kier alpha value is -0.740. The van der Waals surface area contributed by atoms with E-state index in [9.17, 15) is 4.79 Å². The van der Waals surface area contributed by atoms with Gasteiger partial charge in [0.2, 0.25) is 0 Å². The molecule has 0 spiro atoms. The Bertz CT molecular complexity index is 324. The fraction of sp³-hybridized carbons (Fsp3) is 0.500. The van der Waals surface area contributed by atoms with E-state index >= 15 is 0 Å². The zero-order chi connectivity index (χ0) is 11.8. The van der Waals surface area contributed by atoms with Gasteiger partial charge in [0.25, 0.3) is 0 Å². The molecule has 0 bridgehead atoms. The number of halogens is 1. The van der Waals surface area contributed by atoms with E-state index < -0.39 is 0 Å². The molecule has 1 heterocycles. The van der Waals surface area contributed by atoms with E-state index in [1.165, 1.54) is 0 Å². The highest BCUT2D eigenvalue weighted by atomic mass is 79.9. The van der Waals surface area contributed by atoms with Crippen molar-refractivity contribution >= 4 is 21.7 Å². The number of aromatic nitrogens is 1. The van der Waals surface area contributed by atoms with Crippen LogP contribution in [0.15, 0.2) is 22.8 Å². The summed E-state index contributed by atoms with van der Waals surface area (Å²) in [5.74, 6) is 0.217. The van der Waals surface area contributed by atoms with Gasteiger partial charge in [-0.15, -0.1) is 0 Å². The van der Waals surface area contributed by atoms with Crippen LogP contribution in [0.3, 0.4) is 0 Å². The van der Waals surface area contributed by atoms with Gasteiger partial charge in [0.1, 0.15) is 5.78 Å². The first-order chi connectivity index (χ1) is 7.72. The van der Waals surface area contributed by atoms with E-state index in [2.05, 4.69) is 20.9 Å². The summed E-state index contributed by atoms with van der Waals surface area (Å²) in [5, 5.41) is 0. The van der Waals surface area contributed by atoms with Crippen LogP contribution in [-0.2, 0) is 16.0 Å². The summed E-state index contributed by atoms with van der Waals surface area (Å²) in [6, 6.07) is 3.76. The van der Waals surface area contributed by atoms with Gasteiger partial charge in [-0.05, 0) is 41.4 Å². The number of pyridine rings is 1. The Morgan fingerprint density at radius 3 is 2.94 bits per heavy atom. The summed E-state index contributed by atoms with van der Waals surface area (Å²) >= 11 is 3.31. The summed E-state index contributed by atoms with van der Waals surface area (Å²) in [7, 11) is 0. The van der Waals surface area contributed by atoms with E-state index in [1.54, 1.807) is 6.20 Å². The van der Waals surface area contributed by atoms with Gasteiger partial charge >= 0.3 is 0 Å². The van der Waals surface area contributed by atoms with Crippen molar-refractivity contribution in [3.05, 3.63) is 28.5 Å². The lowest BCUT2D eigenvalue weighted by Crippen LogP contribution is -2.06. The molecule has 0 aromatic carbocycles. The molecule has 1 aromatic rings. The predicted molar refractivity (Wildman–Crippen MR) is 66.4 cm³/mol. The maximum atomic E-state index is 11.6. The average Bonchev–Trinajstić information content (AvgIpc) is 2.28. The standard InChI is InChI=1S/C12H16BrNO2/c1-2-16-7-3-4-12(15)8-11-6-5-10(13)9-14-11/h5-6,9H,2-4,7-8H2,1H3. The number of carbonyl (C=O) groups is 1. The minimum Gasteiger partial charge on any atom is -0.382 e. The van der Waals surface area contributed by atoms with Crippen LogP contribution in [0.25, 0.3) is 0 Å². The molecule has 3 nitrogen and oxygen atoms in total. The second kappa shape index (κ2) is 7.52. The second-order valence-corrected chi connectivity index (χ2v) is 4.40. The van der Waals surface area contributed by atoms with Gasteiger partial charge in [-0.25, -0.2) is 0 Å². The van der Waals surface area contributed by atoms with Crippen LogP contribution in [0.5, 0.6) is 0 Å². The molecule has 0 aliphatic heterocycles. The van der Waals surface area contributed by atoms with Gasteiger partial charge in [-0.1, -0.05) is 0 Å². The monoisotopic (exact) mass is 285 g/mol. The first-order valence-electron chi connectivity index (χ1n) is 5.42. The van der Waals surface area contributed by atoms with Gasteiger partial charge in [0.05, 0.1) is 0 Å². The summed E-state index contributed by atoms with van der Waals surface area (Å²) in [5.41, 5.74) is 0.824. The number of ether oxygens (including phenoxy) is 1. The molecule has 88 valence electrons. The van der Waals surface area contributed by atoms with Crippen LogP contribution in [0.1, 0.15) is 25.5 Å². The number of nitrogens with zero attached hydrogens (tertiary/aromatic N) is 1. The molecule has 0 N–H and O–H groups in total. The molecule has 0 atom stereocenters. The van der Waals surface area contributed by atoms with Crippen molar-refractivity contribution in [3.63, 3.8) is 0 Å². The van der Waals surface area contributed by atoms with Gasteiger partial charge in [-0.3, -0.25) is 9.78 Å². The van der Waals surface area contributed by atoms with E-state index in [0.29, 0.717) is 26.1 Å². The Labute approximate surface area is 104 Å². The van der Waals surface area contributed by atoms with Crippen molar-refractivity contribution in [2.24, 2.45) is 0 Å². The van der Waals surface area contributed by atoms with Crippen LogP contribution < -0.4 is 0 Å². The first kappa shape index (κ1) is 13.3. The van der Waals surface area contributed by atoms with Gasteiger partial charge in [0.15, 0.2) is 0 Å². The van der Waals surface area contributed by atoms with Crippen LogP contribution in [0, 0.1) is 0 Å². The average molecular weight is 286 g/mol. The van der Waals surface area contributed by atoms with E-state index in [-0.39, 0.29) is 5.78 Å². The summed E-state index contributed by atoms with van der Waals surface area (Å²) in [4.78, 5) is 15.7. The van der Waals surface area contributed by atoms with E-state index in [4.69, 9.17) is 4.74 Å². The molecule has 0 amide bonds. The Kier molecular flexibility index (Phi) is 6.26. The fourth-order valence-corrected chi connectivity index (χ4v) is 1.55. The van der Waals surface area contributed by atoms with Crippen molar-refractivity contribution in [2.45, 2.75) is 26.2 Å². The topological polar surface area (TPSA) is 39.2 Å². The normalized spacial score (nSPS) is 10.4. The van der Waals surface area contributed by atoms with Crippen LogP contribution in [-0.4, -0.2) is 24.0 Å². The maximum absolute atomic E-state index is 11.6. The molecule has 1 rings (SSSR count). The van der Waals surface area contributed by atoms with E-state index in [0.717, 1.165) is 16.6 Å². The molecule has 0 saturated carbocycles. The zero-order valence-electron chi connectivity index (χ0n) is 9.41. The molecule has 0 unspecified atom stereocenters. The third-order valence-electron chi connectivity index (χ3n) is 2.12. The lowest BCUT2D eigenvalue weighted by molar-refractivity contribution is -0.118.